The summed E-state index contributed by atoms with van der Waals surface area (Å²) >= 11 is 6.14. The van der Waals surface area contributed by atoms with Crippen molar-refractivity contribution in [1.29, 1.82) is 0 Å². The van der Waals surface area contributed by atoms with Crippen molar-refractivity contribution in [1.82, 2.24) is 0 Å². The Kier molecular flexibility index (Phi) is 8.79. The number of carbonyl (C=O) groups is 1. The molecule has 0 heterocycles. The van der Waals surface area contributed by atoms with Crippen molar-refractivity contribution >= 4 is 38.9 Å². The monoisotopic (exact) mass is 604 g/mol. The number of amides is 1. The Balaban J connectivity index is 1.70. The summed E-state index contributed by atoms with van der Waals surface area (Å²) in [7, 11) is -3.00. The first kappa shape index (κ1) is 29.8. The molecule has 7 nitrogen and oxygen atoms in total. The molecule has 12 heteroatoms. The van der Waals surface area contributed by atoms with E-state index < -0.39 is 34.2 Å². The first-order chi connectivity index (χ1) is 19.4. The molecule has 0 aliphatic rings. The molecule has 4 aromatic carbocycles. The highest BCUT2D eigenvalue weighted by atomic mass is 35.5. The lowest BCUT2D eigenvalue weighted by molar-refractivity contribution is -0.137. The minimum Gasteiger partial charge on any atom is -0.493 e. The van der Waals surface area contributed by atoms with Crippen LogP contribution in [0.2, 0.25) is 5.02 Å². The molecule has 1 amide bonds. The maximum atomic E-state index is 13.6. The number of sulfonamides is 1. The quantitative estimate of drug-likeness (QED) is 0.217. The molecule has 0 aliphatic heterocycles. The number of benzene rings is 4. The second-order valence-electron chi connectivity index (χ2n) is 8.81. The summed E-state index contributed by atoms with van der Waals surface area (Å²) in [5.74, 6) is 0.0597. The molecular weight excluding hydrogens is 581 g/mol. The zero-order valence-corrected chi connectivity index (χ0v) is 23.3. The van der Waals surface area contributed by atoms with Crippen molar-refractivity contribution in [2.24, 2.45) is 0 Å². The predicted molar refractivity (Wildman–Crippen MR) is 150 cm³/mol. The normalized spacial score (nSPS) is 11.6. The van der Waals surface area contributed by atoms with Crippen LogP contribution in [-0.2, 0) is 21.0 Å². The Morgan fingerprint density at radius 3 is 2.24 bits per heavy atom. The van der Waals surface area contributed by atoms with Crippen molar-refractivity contribution in [2.45, 2.75) is 18.0 Å². The summed E-state index contributed by atoms with van der Waals surface area (Å²) in [6.45, 7) is 0.905. The van der Waals surface area contributed by atoms with Gasteiger partial charge in [-0.25, -0.2) is 8.42 Å². The number of halogens is 4. The van der Waals surface area contributed by atoms with Crippen molar-refractivity contribution in [3.8, 4) is 17.2 Å². The highest BCUT2D eigenvalue weighted by molar-refractivity contribution is 7.92. The van der Waals surface area contributed by atoms with Crippen LogP contribution in [0.4, 0.5) is 24.5 Å². The summed E-state index contributed by atoms with van der Waals surface area (Å²) in [6, 6.07) is 20.7. The minimum absolute atomic E-state index is 0.102. The van der Waals surface area contributed by atoms with E-state index in [1.54, 1.807) is 43.3 Å². The van der Waals surface area contributed by atoms with Crippen LogP contribution in [0.25, 0.3) is 0 Å². The van der Waals surface area contributed by atoms with E-state index >= 15 is 0 Å². The minimum atomic E-state index is -4.73. The number of para-hydroxylation sites is 2. The molecule has 41 heavy (non-hydrogen) atoms. The standard InChI is InChI=1S/C29H24ClF3N2O5S/c1-19-10-13-23(14-11-19)41(37,38)35(22-7-5-6-20(16-22)29(31,32)33)18-28(36)34-24-17-21(30)12-15-25(24)40-27-9-4-3-8-26(27)39-2/h3-17H,18H2,1-2H3,(H,34,36). The third-order valence-electron chi connectivity index (χ3n) is 5.86. The molecule has 1 N–H and O–H groups in total. The van der Waals surface area contributed by atoms with Crippen LogP contribution < -0.4 is 19.1 Å². The number of alkyl halides is 3. The maximum Gasteiger partial charge on any atom is 0.416 e. The molecule has 214 valence electrons. The van der Waals surface area contributed by atoms with Gasteiger partial charge < -0.3 is 14.8 Å². The summed E-state index contributed by atoms with van der Waals surface area (Å²) in [5, 5.41) is 2.81. The Hall–Kier alpha value is -4.22. The number of hydrogen-bond acceptors (Lipinski definition) is 5. The number of anilines is 2. The lowest BCUT2D eigenvalue weighted by Gasteiger charge is -2.25. The van der Waals surface area contributed by atoms with Gasteiger partial charge in [-0.1, -0.05) is 47.5 Å². The maximum absolute atomic E-state index is 13.6. The summed E-state index contributed by atoms with van der Waals surface area (Å²) in [5.41, 5.74) is -0.532. The van der Waals surface area contributed by atoms with Crippen LogP contribution in [0, 0.1) is 6.92 Å². The van der Waals surface area contributed by atoms with E-state index in [1.165, 1.54) is 43.5 Å². The van der Waals surface area contributed by atoms with Crippen molar-refractivity contribution in [3.05, 3.63) is 107 Å². The molecule has 0 saturated heterocycles. The number of ether oxygens (including phenoxy) is 2. The molecule has 4 rings (SSSR count). The van der Waals surface area contributed by atoms with Crippen molar-refractivity contribution < 1.29 is 35.9 Å². The van der Waals surface area contributed by atoms with Crippen molar-refractivity contribution in [3.63, 3.8) is 0 Å². The van der Waals surface area contributed by atoms with E-state index in [-0.39, 0.29) is 27.0 Å². The SMILES string of the molecule is COc1ccccc1Oc1ccc(Cl)cc1NC(=O)CN(c1cccc(C(F)(F)F)c1)S(=O)(=O)c1ccc(C)cc1. The first-order valence-corrected chi connectivity index (χ1v) is 13.9. The largest absolute Gasteiger partial charge is 0.493 e. The third kappa shape index (κ3) is 7.11. The number of hydrogen-bond donors (Lipinski definition) is 1. The van der Waals surface area contributed by atoms with Crippen LogP contribution in [0.1, 0.15) is 11.1 Å². The lowest BCUT2D eigenvalue weighted by atomic mass is 10.2. The van der Waals surface area contributed by atoms with Gasteiger partial charge in [-0.3, -0.25) is 9.10 Å². The zero-order valence-electron chi connectivity index (χ0n) is 21.8. The van der Waals surface area contributed by atoms with E-state index in [0.717, 1.165) is 17.7 Å². The van der Waals surface area contributed by atoms with E-state index in [1.807, 2.05) is 0 Å². The fraction of sp³-hybridized carbons (Fsp3) is 0.138. The van der Waals surface area contributed by atoms with Crippen LogP contribution in [-0.4, -0.2) is 28.0 Å². The summed E-state index contributed by atoms with van der Waals surface area (Å²) < 4.78 is 79.5. The number of nitrogens with zero attached hydrogens (tertiary/aromatic N) is 1. The predicted octanol–water partition coefficient (Wildman–Crippen LogP) is 7.30. The Morgan fingerprint density at radius 1 is 0.902 bits per heavy atom. The Bertz CT molecular complexity index is 1660. The van der Waals surface area contributed by atoms with Gasteiger partial charge in [0.05, 0.1) is 28.9 Å². The first-order valence-electron chi connectivity index (χ1n) is 12.1. The third-order valence-corrected chi connectivity index (χ3v) is 7.89. The fourth-order valence-corrected chi connectivity index (χ4v) is 5.41. The summed E-state index contributed by atoms with van der Waals surface area (Å²) in [6.07, 6.45) is -4.73. The molecule has 4 aromatic rings. The van der Waals surface area contributed by atoms with E-state index in [4.69, 9.17) is 21.1 Å². The smallest absolute Gasteiger partial charge is 0.416 e. The van der Waals surface area contributed by atoms with Gasteiger partial charge in [0.15, 0.2) is 17.2 Å². The molecule has 0 saturated carbocycles. The second-order valence-corrected chi connectivity index (χ2v) is 11.1. The summed E-state index contributed by atoms with van der Waals surface area (Å²) in [4.78, 5) is 13.1. The van der Waals surface area contributed by atoms with Crippen LogP contribution >= 0.6 is 11.6 Å². The van der Waals surface area contributed by atoms with Crippen molar-refractivity contribution in [2.75, 3.05) is 23.3 Å². The number of methoxy groups -OCH3 is 1. The van der Waals surface area contributed by atoms with E-state index in [2.05, 4.69) is 5.32 Å². The average Bonchev–Trinajstić information content (AvgIpc) is 2.93. The van der Waals surface area contributed by atoms with Gasteiger partial charge in [0.1, 0.15) is 6.54 Å². The van der Waals surface area contributed by atoms with Crippen LogP contribution in [0.5, 0.6) is 17.2 Å². The topological polar surface area (TPSA) is 84.9 Å². The molecule has 0 spiro atoms. The van der Waals surface area contributed by atoms with Gasteiger partial charge in [-0.2, -0.15) is 13.2 Å². The molecule has 0 aliphatic carbocycles. The van der Waals surface area contributed by atoms with Gasteiger partial charge >= 0.3 is 6.18 Å². The highest BCUT2D eigenvalue weighted by Crippen LogP contribution is 2.37. The van der Waals surface area contributed by atoms with Gasteiger partial charge in [-0.15, -0.1) is 0 Å². The zero-order chi connectivity index (χ0) is 29.8. The van der Waals surface area contributed by atoms with E-state index in [0.29, 0.717) is 21.9 Å². The Labute approximate surface area is 240 Å². The molecular formula is C29H24ClF3N2O5S. The number of rotatable bonds is 9. The molecule has 0 fully saturated rings. The van der Waals surface area contributed by atoms with Crippen LogP contribution in [0.15, 0.2) is 95.9 Å². The van der Waals surface area contributed by atoms with Gasteiger partial charge in [-0.05, 0) is 67.6 Å². The average molecular weight is 605 g/mol. The fourth-order valence-electron chi connectivity index (χ4n) is 3.82. The number of carbonyl (C=O) groups excluding carboxylic acids is 1. The highest BCUT2D eigenvalue weighted by Gasteiger charge is 2.33. The molecule has 0 radical (unpaired) electrons. The van der Waals surface area contributed by atoms with E-state index in [9.17, 15) is 26.4 Å². The Morgan fingerprint density at radius 2 is 1.59 bits per heavy atom. The lowest BCUT2D eigenvalue weighted by Crippen LogP contribution is -2.38. The second kappa shape index (κ2) is 12.1. The van der Waals surface area contributed by atoms with Crippen LogP contribution in [0.3, 0.4) is 0 Å². The molecule has 0 aromatic heterocycles. The molecule has 0 unspecified atom stereocenters. The van der Waals surface area contributed by atoms with Gasteiger partial charge in [0.25, 0.3) is 10.0 Å². The molecule has 0 bridgehead atoms. The number of nitrogens with one attached hydrogen (secondary N) is 1. The van der Waals surface area contributed by atoms with Gasteiger partial charge in [0.2, 0.25) is 5.91 Å². The number of aryl methyl sites for hydroxylation is 1. The van der Waals surface area contributed by atoms with Gasteiger partial charge in [0, 0.05) is 5.02 Å². The molecule has 0 atom stereocenters.